The monoisotopic (exact) mass is 391 g/mol. The quantitative estimate of drug-likeness (QED) is 0.573. The van der Waals surface area contributed by atoms with Gasteiger partial charge in [0.1, 0.15) is 0 Å². The maximum absolute atomic E-state index is 12.2. The Bertz CT molecular complexity index is 899. The van der Waals surface area contributed by atoms with Crippen LogP contribution in [0.15, 0.2) is 60.0 Å². The van der Waals surface area contributed by atoms with Crippen LogP contribution in [0.25, 0.3) is 11.3 Å². The lowest BCUT2D eigenvalue weighted by molar-refractivity contribution is 0.244. The number of urea groups is 1. The normalized spacial score (nSPS) is 14.6. The van der Waals surface area contributed by atoms with E-state index in [0.29, 0.717) is 11.2 Å². The first-order valence-corrected chi connectivity index (χ1v) is 10.8. The number of carbonyl (C=O) groups is 1. The van der Waals surface area contributed by atoms with Gasteiger partial charge in [-0.05, 0) is 30.4 Å². The van der Waals surface area contributed by atoms with Crippen molar-refractivity contribution in [3.63, 3.8) is 0 Å². The number of rotatable bonds is 5. The van der Waals surface area contributed by atoms with Crippen LogP contribution in [0, 0.1) is 0 Å². The Labute approximate surface area is 170 Å². The largest absolute Gasteiger partial charge is 0.335 e. The molecule has 0 spiro atoms. The number of nitrogens with zero attached hydrogens (tertiary/aromatic N) is 1. The second-order valence-electron chi connectivity index (χ2n) is 7.33. The van der Waals surface area contributed by atoms with Crippen LogP contribution in [0.1, 0.15) is 43.2 Å². The molecule has 4 nitrogen and oxygen atoms in total. The molecule has 2 N–H and O–H groups in total. The molecule has 1 aromatic heterocycles. The average Bonchev–Trinajstić information content (AvgIpc) is 3.18. The molecule has 5 heteroatoms. The topological polar surface area (TPSA) is 54.0 Å². The van der Waals surface area contributed by atoms with Gasteiger partial charge in [-0.2, -0.15) is 0 Å². The third-order valence-corrected chi connectivity index (χ3v) is 5.92. The zero-order chi connectivity index (χ0) is 19.2. The Kier molecular flexibility index (Phi) is 6.02. The third kappa shape index (κ3) is 4.98. The molecule has 1 saturated carbocycles. The summed E-state index contributed by atoms with van der Waals surface area (Å²) in [7, 11) is 0. The molecule has 0 bridgehead atoms. The van der Waals surface area contributed by atoms with Crippen molar-refractivity contribution in [2.24, 2.45) is 0 Å². The van der Waals surface area contributed by atoms with E-state index in [0.717, 1.165) is 30.5 Å². The van der Waals surface area contributed by atoms with Gasteiger partial charge in [-0.3, -0.25) is 5.32 Å². The Morgan fingerprint density at radius 3 is 2.43 bits per heavy atom. The second kappa shape index (κ2) is 9.02. The number of nitrogens with one attached hydrogen (secondary N) is 2. The summed E-state index contributed by atoms with van der Waals surface area (Å²) in [6.07, 6.45) is 6.75. The first-order valence-electron chi connectivity index (χ1n) is 9.92. The standard InChI is InChI=1S/C23H25N3OS/c27-22(24-20-9-5-2-6-10-20)26-23-25-21(16-28-23)19-13-11-18(12-14-19)15-17-7-3-1-4-8-17/h1,3-4,7-8,11-14,16,20H,2,5-6,9-10,15H2,(H2,24,25,26,27). The number of anilines is 1. The molecule has 2 aromatic carbocycles. The van der Waals surface area contributed by atoms with Gasteiger partial charge in [0.2, 0.25) is 0 Å². The van der Waals surface area contributed by atoms with Crippen molar-refractivity contribution in [1.82, 2.24) is 10.3 Å². The molecule has 0 aliphatic heterocycles. The fraction of sp³-hybridized carbons (Fsp3) is 0.304. The second-order valence-corrected chi connectivity index (χ2v) is 8.19. The third-order valence-electron chi connectivity index (χ3n) is 5.17. The van der Waals surface area contributed by atoms with Gasteiger partial charge in [0.05, 0.1) is 5.69 Å². The van der Waals surface area contributed by atoms with E-state index in [1.54, 1.807) is 0 Å². The predicted molar refractivity (Wildman–Crippen MR) is 116 cm³/mol. The maximum atomic E-state index is 12.2. The van der Waals surface area contributed by atoms with Gasteiger partial charge < -0.3 is 5.32 Å². The molecule has 2 amide bonds. The molecule has 1 heterocycles. The van der Waals surface area contributed by atoms with Crippen LogP contribution in [0.3, 0.4) is 0 Å². The van der Waals surface area contributed by atoms with E-state index in [2.05, 4.69) is 64.1 Å². The minimum Gasteiger partial charge on any atom is -0.335 e. The number of aromatic nitrogens is 1. The summed E-state index contributed by atoms with van der Waals surface area (Å²) in [4.78, 5) is 16.8. The van der Waals surface area contributed by atoms with Gasteiger partial charge in [-0.25, -0.2) is 9.78 Å². The van der Waals surface area contributed by atoms with Crippen molar-refractivity contribution >= 4 is 22.5 Å². The first kappa shape index (κ1) is 18.7. The van der Waals surface area contributed by atoms with Crippen molar-refractivity contribution in [2.75, 3.05) is 5.32 Å². The van der Waals surface area contributed by atoms with E-state index in [9.17, 15) is 4.79 Å². The molecule has 0 saturated heterocycles. The van der Waals surface area contributed by atoms with Crippen LogP contribution >= 0.6 is 11.3 Å². The number of hydrogen-bond acceptors (Lipinski definition) is 3. The van der Waals surface area contributed by atoms with Crippen LogP contribution in [-0.4, -0.2) is 17.1 Å². The summed E-state index contributed by atoms with van der Waals surface area (Å²) in [5.74, 6) is 0. The van der Waals surface area contributed by atoms with E-state index in [1.165, 1.54) is 41.7 Å². The lowest BCUT2D eigenvalue weighted by atomic mass is 9.96. The van der Waals surface area contributed by atoms with E-state index < -0.39 is 0 Å². The molecule has 3 aromatic rings. The van der Waals surface area contributed by atoms with Gasteiger partial charge in [0, 0.05) is 17.0 Å². The number of carbonyl (C=O) groups excluding carboxylic acids is 1. The lowest BCUT2D eigenvalue weighted by Crippen LogP contribution is -2.38. The predicted octanol–water partition coefficient (Wildman–Crippen LogP) is 5.86. The summed E-state index contributed by atoms with van der Waals surface area (Å²) in [6, 6.07) is 19.1. The fourth-order valence-electron chi connectivity index (χ4n) is 3.65. The summed E-state index contributed by atoms with van der Waals surface area (Å²) >= 11 is 1.46. The van der Waals surface area contributed by atoms with Crippen molar-refractivity contribution in [3.05, 3.63) is 71.1 Å². The number of hydrogen-bond donors (Lipinski definition) is 2. The van der Waals surface area contributed by atoms with Crippen LogP contribution in [0.5, 0.6) is 0 Å². The molecular weight excluding hydrogens is 366 g/mol. The number of amides is 2. The fourth-order valence-corrected chi connectivity index (χ4v) is 4.37. The highest BCUT2D eigenvalue weighted by Gasteiger charge is 2.16. The highest BCUT2D eigenvalue weighted by molar-refractivity contribution is 7.14. The molecule has 0 unspecified atom stereocenters. The van der Waals surface area contributed by atoms with E-state index in [1.807, 2.05) is 11.4 Å². The smallest absolute Gasteiger partial charge is 0.321 e. The van der Waals surface area contributed by atoms with E-state index in [-0.39, 0.29) is 6.03 Å². The summed E-state index contributed by atoms with van der Waals surface area (Å²) in [6.45, 7) is 0. The molecule has 1 aliphatic rings. The van der Waals surface area contributed by atoms with Gasteiger partial charge >= 0.3 is 6.03 Å². The zero-order valence-corrected chi connectivity index (χ0v) is 16.7. The Morgan fingerprint density at radius 2 is 1.68 bits per heavy atom. The molecule has 28 heavy (non-hydrogen) atoms. The van der Waals surface area contributed by atoms with Crippen LogP contribution in [0.4, 0.5) is 9.93 Å². The van der Waals surface area contributed by atoms with Crippen molar-refractivity contribution in [3.8, 4) is 11.3 Å². The van der Waals surface area contributed by atoms with Crippen molar-refractivity contribution < 1.29 is 4.79 Å². The van der Waals surface area contributed by atoms with Crippen LogP contribution in [-0.2, 0) is 6.42 Å². The molecule has 4 rings (SSSR count). The SMILES string of the molecule is O=C(Nc1nc(-c2ccc(Cc3ccccc3)cc2)cs1)NC1CCCCC1. The Balaban J connectivity index is 1.35. The molecule has 0 atom stereocenters. The lowest BCUT2D eigenvalue weighted by Gasteiger charge is -2.22. The van der Waals surface area contributed by atoms with Gasteiger partial charge in [0.15, 0.2) is 5.13 Å². The van der Waals surface area contributed by atoms with E-state index in [4.69, 9.17) is 0 Å². The van der Waals surface area contributed by atoms with Crippen molar-refractivity contribution in [1.29, 1.82) is 0 Å². The number of thiazole rings is 1. The van der Waals surface area contributed by atoms with Crippen LogP contribution < -0.4 is 10.6 Å². The highest BCUT2D eigenvalue weighted by Crippen LogP contribution is 2.26. The molecule has 0 radical (unpaired) electrons. The van der Waals surface area contributed by atoms with Crippen molar-refractivity contribution in [2.45, 2.75) is 44.6 Å². The zero-order valence-electron chi connectivity index (χ0n) is 15.9. The summed E-state index contributed by atoms with van der Waals surface area (Å²) < 4.78 is 0. The Hall–Kier alpha value is -2.66. The minimum atomic E-state index is -0.147. The number of benzene rings is 2. The maximum Gasteiger partial charge on any atom is 0.321 e. The average molecular weight is 392 g/mol. The Morgan fingerprint density at radius 1 is 0.964 bits per heavy atom. The highest BCUT2D eigenvalue weighted by atomic mass is 32.1. The molecule has 1 fully saturated rings. The molecular formula is C23H25N3OS. The van der Waals surface area contributed by atoms with Crippen LogP contribution in [0.2, 0.25) is 0 Å². The molecule has 144 valence electrons. The molecule has 1 aliphatic carbocycles. The van der Waals surface area contributed by atoms with Gasteiger partial charge in [0.25, 0.3) is 0 Å². The summed E-state index contributed by atoms with van der Waals surface area (Å²) in [5, 5.41) is 8.57. The minimum absolute atomic E-state index is 0.147. The van der Waals surface area contributed by atoms with Gasteiger partial charge in [-0.1, -0.05) is 73.9 Å². The van der Waals surface area contributed by atoms with E-state index >= 15 is 0 Å². The summed E-state index contributed by atoms with van der Waals surface area (Å²) in [5.41, 5.74) is 4.53. The van der Waals surface area contributed by atoms with Gasteiger partial charge in [-0.15, -0.1) is 11.3 Å². The first-order chi connectivity index (χ1) is 13.8.